The van der Waals surface area contributed by atoms with Crippen LogP contribution in [0.4, 0.5) is 0 Å². The fourth-order valence-corrected chi connectivity index (χ4v) is 2.34. The summed E-state index contributed by atoms with van der Waals surface area (Å²) in [5.41, 5.74) is 1.56. The molecule has 0 aliphatic rings. The van der Waals surface area contributed by atoms with E-state index in [4.69, 9.17) is 25.8 Å². The van der Waals surface area contributed by atoms with Gasteiger partial charge in [-0.2, -0.15) is 0 Å². The summed E-state index contributed by atoms with van der Waals surface area (Å²) in [6, 6.07) is 9.57. The summed E-state index contributed by atoms with van der Waals surface area (Å²) in [6.45, 7) is 1.49. The monoisotopic (exact) mass is 348 g/mol. The van der Waals surface area contributed by atoms with E-state index in [9.17, 15) is 9.59 Å². The van der Waals surface area contributed by atoms with Crippen molar-refractivity contribution in [1.82, 2.24) is 0 Å². The summed E-state index contributed by atoms with van der Waals surface area (Å²) in [4.78, 5) is 24.2. The fourth-order valence-electron chi connectivity index (χ4n) is 2.08. The Bertz CT molecular complexity index is 770. The second kappa shape index (κ2) is 7.84. The van der Waals surface area contributed by atoms with Crippen LogP contribution < -0.4 is 9.47 Å². The molecule has 0 spiro atoms. The highest BCUT2D eigenvalue weighted by Crippen LogP contribution is 2.25. The third-order valence-corrected chi connectivity index (χ3v) is 3.75. The lowest BCUT2D eigenvalue weighted by Crippen LogP contribution is -2.14. The molecule has 0 aromatic heterocycles. The molecule has 0 bridgehead atoms. The molecule has 5 nitrogen and oxygen atoms in total. The van der Waals surface area contributed by atoms with Gasteiger partial charge in [-0.15, -0.1) is 0 Å². The van der Waals surface area contributed by atoms with Crippen molar-refractivity contribution in [2.24, 2.45) is 0 Å². The average Bonchev–Trinajstić information content (AvgIpc) is 2.59. The minimum absolute atomic E-state index is 0.318. The Labute approximate surface area is 145 Å². The van der Waals surface area contributed by atoms with Gasteiger partial charge in [0, 0.05) is 5.56 Å². The number of carbonyl (C=O) groups excluding carboxylic acids is 2. The number of carbonyl (C=O) groups is 2. The summed E-state index contributed by atoms with van der Waals surface area (Å²) >= 11 is 5.98. The van der Waals surface area contributed by atoms with Gasteiger partial charge in [-0.05, 0) is 42.8 Å². The van der Waals surface area contributed by atoms with E-state index in [0.29, 0.717) is 27.6 Å². The van der Waals surface area contributed by atoms with Crippen LogP contribution in [0.15, 0.2) is 36.4 Å². The Balaban J connectivity index is 2.03. The van der Waals surface area contributed by atoms with Gasteiger partial charge in [-0.3, -0.25) is 4.79 Å². The van der Waals surface area contributed by atoms with Crippen molar-refractivity contribution in [2.75, 3.05) is 20.8 Å². The molecule has 2 aromatic carbocycles. The van der Waals surface area contributed by atoms with Crippen molar-refractivity contribution in [3.8, 4) is 11.5 Å². The molecule has 0 fully saturated rings. The van der Waals surface area contributed by atoms with Crippen LogP contribution in [0, 0.1) is 6.92 Å². The van der Waals surface area contributed by atoms with Gasteiger partial charge in [0.2, 0.25) is 0 Å². The summed E-state index contributed by atoms with van der Waals surface area (Å²) in [5, 5.41) is 0.318. The van der Waals surface area contributed by atoms with Crippen LogP contribution in [-0.2, 0) is 4.74 Å². The number of rotatable bonds is 6. The van der Waals surface area contributed by atoms with Crippen LogP contribution in [0.3, 0.4) is 0 Å². The zero-order chi connectivity index (χ0) is 17.7. The first kappa shape index (κ1) is 17.8. The van der Waals surface area contributed by atoms with E-state index in [1.165, 1.54) is 20.3 Å². The number of hydrogen-bond acceptors (Lipinski definition) is 5. The first-order chi connectivity index (χ1) is 11.5. The number of aryl methyl sites for hydroxylation is 1. The zero-order valence-corrected chi connectivity index (χ0v) is 14.3. The molecule has 0 radical (unpaired) electrons. The predicted octanol–water partition coefficient (Wildman–Crippen LogP) is 3.71. The lowest BCUT2D eigenvalue weighted by molar-refractivity contribution is 0.0474. The normalized spacial score (nSPS) is 10.2. The van der Waals surface area contributed by atoms with E-state index in [1.807, 2.05) is 6.92 Å². The topological polar surface area (TPSA) is 61.8 Å². The summed E-state index contributed by atoms with van der Waals surface area (Å²) in [6.07, 6.45) is 0. The molecule has 0 unspecified atom stereocenters. The van der Waals surface area contributed by atoms with E-state index in [0.717, 1.165) is 5.56 Å². The lowest BCUT2D eigenvalue weighted by Gasteiger charge is -2.08. The van der Waals surface area contributed by atoms with Crippen LogP contribution in [0.1, 0.15) is 26.3 Å². The molecule has 126 valence electrons. The highest BCUT2D eigenvalue weighted by atomic mass is 35.5. The Hall–Kier alpha value is -2.53. The number of ketones is 1. The molecule has 2 rings (SSSR count). The number of halogens is 1. The number of methoxy groups -OCH3 is 2. The molecule has 2 aromatic rings. The number of hydrogen-bond donors (Lipinski definition) is 0. The van der Waals surface area contributed by atoms with Gasteiger partial charge in [-0.1, -0.05) is 17.7 Å². The Morgan fingerprint density at radius 1 is 0.958 bits per heavy atom. The van der Waals surface area contributed by atoms with Gasteiger partial charge in [0.05, 0.1) is 24.8 Å². The summed E-state index contributed by atoms with van der Waals surface area (Å²) in [7, 11) is 3.01. The number of ether oxygens (including phenoxy) is 3. The first-order valence-corrected chi connectivity index (χ1v) is 7.52. The maximum absolute atomic E-state index is 12.1. The van der Waals surface area contributed by atoms with Crippen LogP contribution >= 0.6 is 11.6 Å². The largest absolute Gasteiger partial charge is 0.496 e. The Kier molecular flexibility index (Phi) is 5.82. The molecule has 0 saturated carbocycles. The van der Waals surface area contributed by atoms with Crippen LogP contribution in [0.2, 0.25) is 5.02 Å². The number of Topliss-reactive ketones (excluding diaryl/α,β-unsaturated/α-hetero) is 1. The van der Waals surface area contributed by atoms with E-state index >= 15 is 0 Å². The van der Waals surface area contributed by atoms with Crippen molar-refractivity contribution in [3.63, 3.8) is 0 Å². The molecule has 0 N–H and O–H groups in total. The molecule has 0 heterocycles. The minimum Gasteiger partial charge on any atom is -0.496 e. The average molecular weight is 349 g/mol. The smallest absolute Gasteiger partial charge is 0.338 e. The molecular weight excluding hydrogens is 332 g/mol. The van der Waals surface area contributed by atoms with Crippen molar-refractivity contribution in [2.45, 2.75) is 6.92 Å². The van der Waals surface area contributed by atoms with E-state index in [-0.39, 0.29) is 12.4 Å². The van der Waals surface area contributed by atoms with Gasteiger partial charge in [-0.25, -0.2) is 4.79 Å². The zero-order valence-electron chi connectivity index (χ0n) is 13.6. The number of benzene rings is 2. The molecule has 0 amide bonds. The van der Waals surface area contributed by atoms with Gasteiger partial charge in [0.1, 0.15) is 11.5 Å². The third-order valence-electron chi connectivity index (χ3n) is 3.45. The first-order valence-electron chi connectivity index (χ1n) is 7.14. The maximum Gasteiger partial charge on any atom is 0.338 e. The molecule has 0 atom stereocenters. The minimum atomic E-state index is -0.596. The SMILES string of the molecule is COc1cc(C(=O)OCC(=O)c2ccc(OC)c(Cl)c2)ccc1C. The summed E-state index contributed by atoms with van der Waals surface area (Å²) < 4.78 is 15.3. The van der Waals surface area contributed by atoms with Crippen molar-refractivity contribution >= 4 is 23.4 Å². The molecule has 6 heteroatoms. The second-order valence-electron chi connectivity index (χ2n) is 5.03. The quantitative estimate of drug-likeness (QED) is 0.588. The molecule has 24 heavy (non-hydrogen) atoms. The number of esters is 1. The molecule has 0 saturated heterocycles. The van der Waals surface area contributed by atoms with Crippen LogP contribution in [0.25, 0.3) is 0 Å². The van der Waals surface area contributed by atoms with Gasteiger partial charge >= 0.3 is 5.97 Å². The standard InChI is InChI=1S/C18H17ClO5/c1-11-4-5-13(9-17(11)23-3)18(21)24-10-15(20)12-6-7-16(22-2)14(19)8-12/h4-9H,10H2,1-3H3. The van der Waals surface area contributed by atoms with Crippen LogP contribution in [-0.4, -0.2) is 32.6 Å². The van der Waals surface area contributed by atoms with Crippen molar-refractivity contribution in [3.05, 3.63) is 58.1 Å². The fraction of sp³-hybridized carbons (Fsp3) is 0.222. The molecule has 0 aliphatic heterocycles. The van der Waals surface area contributed by atoms with Crippen molar-refractivity contribution in [1.29, 1.82) is 0 Å². The van der Waals surface area contributed by atoms with E-state index in [2.05, 4.69) is 0 Å². The summed E-state index contributed by atoms with van der Waals surface area (Å²) in [5.74, 6) is 0.0999. The molecule has 0 aliphatic carbocycles. The highest BCUT2D eigenvalue weighted by Gasteiger charge is 2.14. The van der Waals surface area contributed by atoms with E-state index in [1.54, 1.807) is 30.3 Å². The predicted molar refractivity (Wildman–Crippen MR) is 90.3 cm³/mol. The molecular formula is C18H17ClO5. The third kappa shape index (κ3) is 4.06. The highest BCUT2D eigenvalue weighted by molar-refractivity contribution is 6.32. The van der Waals surface area contributed by atoms with Gasteiger partial charge in [0.15, 0.2) is 12.4 Å². The lowest BCUT2D eigenvalue weighted by atomic mass is 10.1. The van der Waals surface area contributed by atoms with Gasteiger partial charge < -0.3 is 14.2 Å². The maximum atomic E-state index is 12.1. The van der Waals surface area contributed by atoms with Crippen LogP contribution in [0.5, 0.6) is 11.5 Å². The second-order valence-corrected chi connectivity index (χ2v) is 5.44. The Morgan fingerprint density at radius 2 is 1.62 bits per heavy atom. The Morgan fingerprint density at radius 3 is 2.25 bits per heavy atom. The van der Waals surface area contributed by atoms with E-state index < -0.39 is 5.97 Å². The van der Waals surface area contributed by atoms with Crippen molar-refractivity contribution < 1.29 is 23.8 Å². The van der Waals surface area contributed by atoms with Gasteiger partial charge in [0.25, 0.3) is 0 Å².